The highest BCUT2D eigenvalue weighted by Crippen LogP contribution is 2.12. The molecule has 0 spiro atoms. The second kappa shape index (κ2) is 8.15. The summed E-state index contributed by atoms with van der Waals surface area (Å²) in [6, 6.07) is 0. The van der Waals surface area contributed by atoms with Gasteiger partial charge in [-0.05, 0) is 25.3 Å². The van der Waals surface area contributed by atoms with E-state index in [1.165, 1.54) is 25.7 Å². The largest absolute Gasteiger partial charge is 0.513 e. The minimum atomic E-state index is 0.545. The minimum absolute atomic E-state index is 0.545. The summed E-state index contributed by atoms with van der Waals surface area (Å²) >= 11 is 0. The molecule has 0 aromatic rings. The molecule has 0 fully saturated rings. The standard InChI is InChI=1S/C12H24O/c1-4-12(13)10-8-6-5-7-9-11(2)3/h4,11,13H,5-10H2,1-3H3. The molecule has 0 heterocycles. The van der Waals surface area contributed by atoms with Crippen molar-refractivity contribution in [2.24, 2.45) is 5.92 Å². The molecule has 0 aromatic heterocycles. The average Bonchev–Trinajstić information content (AvgIpc) is 2.10. The fraction of sp³-hybridized carbons (Fsp3) is 0.833. The Kier molecular flexibility index (Phi) is 7.86. The highest BCUT2D eigenvalue weighted by Gasteiger charge is 1.95. The summed E-state index contributed by atoms with van der Waals surface area (Å²) in [4.78, 5) is 0. The zero-order valence-corrected chi connectivity index (χ0v) is 9.34. The number of allylic oxidation sites excluding steroid dienone is 2. The Bertz CT molecular complexity index is 136. The maximum atomic E-state index is 9.16. The quantitative estimate of drug-likeness (QED) is 0.458. The highest BCUT2D eigenvalue weighted by atomic mass is 16.3. The lowest BCUT2D eigenvalue weighted by Crippen LogP contribution is -1.87. The molecule has 13 heavy (non-hydrogen) atoms. The minimum Gasteiger partial charge on any atom is -0.513 e. The predicted molar refractivity (Wildman–Crippen MR) is 58.9 cm³/mol. The van der Waals surface area contributed by atoms with Crippen molar-refractivity contribution in [1.82, 2.24) is 0 Å². The van der Waals surface area contributed by atoms with Crippen LogP contribution >= 0.6 is 0 Å². The molecule has 0 unspecified atom stereocenters. The fourth-order valence-electron chi connectivity index (χ4n) is 1.36. The smallest absolute Gasteiger partial charge is 0.0880 e. The molecular formula is C12H24O. The van der Waals surface area contributed by atoms with Crippen LogP contribution in [0.5, 0.6) is 0 Å². The molecule has 0 amide bonds. The molecule has 0 aliphatic heterocycles. The second-order valence-electron chi connectivity index (χ2n) is 4.13. The van der Waals surface area contributed by atoms with E-state index in [2.05, 4.69) is 13.8 Å². The van der Waals surface area contributed by atoms with Crippen molar-refractivity contribution in [3.8, 4) is 0 Å². The van der Waals surface area contributed by atoms with Crippen molar-refractivity contribution in [2.45, 2.75) is 59.3 Å². The van der Waals surface area contributed by atoms with Crippen molar-refractivity contribution in [3.05, 3.63) is 11.8 Å². The van der Waals surface area contributed by atoms with Gasteiger partial charge in [-0.25, -0.2) is 0 Å². The number of hydrogen-bond donors (Lipinski definition) is 1. The molecule has 0 aromatic carbocycles. The van der Waals surface area contributed by atoms with Crippen molar-refractivity contribution in [3.63, 3.8) is 0 Å². The van der Waals surface area contributed by atoms with E-state index in [0.29, 0.717) is 5.76 Å². The molecule has 0 bridgehead atoms. The van der Waals surface area contributed by atoms with Crippen molar-refractivity contribution < 1.29 is 5.11 Å². The van der Waals surface area contributed by atoms with Gasteiger partial charge in [0.25, 0.3) is 0 Å². The van der Waals surface area contributed by atoms with E-state index in [4.69, 9.17) is 5.11 Å². The van der Waals surface area contributed by atoms with E-state index in [1.807, 2.05) is 6.92 Å². The van der Waals surface area contributed by atoms with E-state index < -0.39 is 0 Å². The Morgan fingerprint density at radius 3 is 2.31 bits per heavy atom. The Labute approximate surface area is 82.9 Å². The molecule has 1 N–H and O–H groups in total. The molecule has 1 heteroatoms. The van der Waals surface area contributed by atoms with Crippen LogP contribution in [0.2, 0.25) is 0 Å². The van der Waals surface area contributed by atoms with Gasteiger partial charge in [0, 0.05) is 6.42 Å². The second-order valence-corrected chi connectivity index (χ2v) is 4.13. The number of aliphatic hydroxyl groups excluding tert-OH is 1. The van der Waals surface area contributed by atoms with Crippen LogP contribution in [-0.2, 0) is 0 Å². The summed E-state index contributed by atoms with van der Waals surface area (Å²) in [6.45, 7) is 6.42. The summed E-state index contributed by atoms with van der Waals surface area (Å²) in [7, 11) is 0. The number of hydrogen-bond acceptors (Lipinski definition) is 1. The van der Waals surface area contributed by atoms with Gasteiger partial charge < -0.3 is 5.11 Å². The summed E-state index contributed by atoms with van der Waals surface area (Å²) in [5.41, 5.74) is 0. The van der Waals surface area contributed by atoms with Crippen LogP contribution in [0.4, 0.5) is 0 Å². The maximum Gasteiger partial charge on any atom is 0.0880 e. The molecule has 1 nitrogen and oxygen atoms in total. The van der Waals surface area contributed by atoms with Crippen LogP contribution in [0.15, 0.2) is 11.8 Å². The third-order valence-electron chi connectivity index (χ3n) is 2.30. The number of rotatable bonds is 7. The Hall–Kier alpha value is -0.460. The van der Waals surface area contributed by atoms with Crippen molar-refractivity contribution >= 4 is 0 Å². The van der Waals surface area contributed by atoms with Crippen LogP contribution in [-0.4, -0.2) is 5.11 Å². The van der Waals surface area contributed by atoms with Crippen LogP contribution in [0.25, 0.3) is 0 Å². The third kappa shape index (κ3) is 9.45. The Morgan fingerprint density at radius 1 is 1.15 bits per heavy atom. The molecule has 78 valence electrons. The molecular weight excluding hydrogens is 160 g/mol. The summed E-state index contributed by atoms with van der Waals surface area (Å²) in [5.74, 6) is 1.38. The van der Waals surface area contributed by atoms with E-state index >= 15 is 0 Å². The van der Waals surface area contributed by atoms with Gasteiger partial charge >= 0.3 is 0 Å². The molecule has 0 radical (unpaired) electrons. The molecule has 0 saturated carbocycles. The van der Waals surface area contributed by atoms with Crippen molar-refractivity contribution in [2.75, 3.05) is 0 Å². The van der Waals surface area contributed by atoms with Gasteiger partial charge in [-0.15, -0.1) is 0 Å². The Balaban J connectivity index is 3.09. The van der Waals surface area contributed by atoms with Gasteiger partial charge in [-0.3, -0.25) is 0 Å². The van der Waals surface area contributed by atoms with E-state index in [-0.39, 0.29) is 0 Å². The van der Waals surface area contributed by atoms with Gasteiger partial charge in [0.1, 0.15) is 0 Å². The topological polar surface area (TPSA) is 20.2 Å². The number of aliphatic hydroxyl groups is 1. The monoisotopic (exact) mass is 184 g/mol. The van der Waals surface area contributed by atoms with Crippen LogP contribution in [0, 0.1) is 5.92 Å². The van der Waals surface area contributed by atoms with Gasteiger partial charge in [-0.2, -0.15) is 0 Å². The highest BCUT2D eigenvalue weighted by molar-refractivity contribution is 4.86. The lowest BCUT2D eigenvalue weighted by Gasteiger charge is -2.03. The van der Waals surface area contributed by atoms with E-state index in [0.717, 1.165) is 18.8 Å². The maximum absolute atomic E-state index is 9.16. The third-order valence-corrected chi connectivity index (χ3v) is 2.30. The van der Waals surface area contributed by atoms with Crippen LogP contribution in [0.1, 0.15) is 59.3 Å². The SMILES string of the molecule is CC=C(O)CCCCCCC(C)C. The first kappa shape index (κ1) is 12.5. The summed E-state index contributed by atoms with van der Waals surface area (Å²) in [6.07, 6.45) is 9.03. The van der Waals surface area contributed by atoms with Gasteiger partial charge in [0.05, 0.1) is 5.76 Å². The summed E-state index contributed by atoms with van der Waals surface area (Å²) < 4.78 is 0. The normalized spacial score (nSPS) is 12.5. The first-order valence-electron chi connectivity index (χ1n) is 5.51. The first-order valence-corrected chi connectivity index (χ1v) is 5.51. The first-order chi connectivity index (χ1) is 6.16. The van der Waals surface area contributed by atoms with Gasteiger partial charge in [0.2, 0.25) is 0 Å². The molecule has 0 rings (SSSR count). The molecule has 0 saturated heterocycles. The molecule has 0 aliphatic rings. The van der Waals surface area contributed by atoms with Gasteiger partial charge in [-0.1, -0.05) is 39.5 Å². The summed E-state index contributed by atoms with van der Waals surface area (Å²) in [5, 5.41) is 9.16. The zero-order valence-electron chi connectivity index (χ0n) is 9.34. The van der Waals surface area contributed by atoms with E-state index in [1.54, 1.807) is 6.08 Å². The molecule has 0 aliphatic carbocycles. The lowest BCUT2D eigenvalue weighted by atomic mass is 10.0. The van der Waals surface area contributed by atoms with Crippen LogP contribution in [0.3, 0.4) is 0 Å². The average molecular weight is 184 g/mol. The van der Waals surface area contributed by atoms with Crippen LogP contribution < -0.4 is 0 Å². The lowest BCUT2D eigenvalue weighted by molar-refractivity contribution is 0.378. The zero-order chi connectivity index (χ0) is 10.1. The number of unbranched alkanes of at least 4 members (excludes halogenated alkanes) is 3. The fourth-order valence-corrected chi connectivity index (χ4v) is 1.36. The van der Waals surface area contributed by atoms with Crippen molar-refractivity contribution in [1.29, 1.82) is 0 Å². The predicted octanol–water partition coefficient (Wildman–Crippen LogP) is 4.44. The van der Waals surface area contributed by atoms with E-state index in [9.17, 15) is 0 Å². The van der Waals surface area contributed by atoms with Gasteiger partial charge in [0.15, 0.2) is 0 Å². The molecule has 0 atom stereocenters. The Morgan fingerprint density at radius 2 is 1.77 bits per heavy atom.